The topological polar surface area (TPSA) is 73.0 Å². The van der Waals surface area contributed by atoms with Crippen LogP contribution in [0.4, 0.5) is 11.4 Å². The molecule has 6 nitrogen and oxygen atoms in total. The van der Waals surface area contributed by atoms with Crippen molar-refractivity contribution in [3.05, 3.63) is 51.3 Å². The number of anilines is 1. The average Bonchev–Trinajstić information content (AvgIpc) is 2.71. The number of hydrogen-bond donors (Lipinski definition) is 1. The molecule has 7 heteroatoms. The van der Waals surface area contributed by atoms with Crippen molar-refractivity contribution >= 4 is 23.0 Å². The number of aryl methyl sites for hydroxylation is 1. The number of halogens is 1. The van der Waals surface area contributed by atoms with E-state index in [0.717, 1.165) is 5.69 Å². The fourth-order valence-corrected chi connectivity index (χ4v) is 1.85. The van der Waals surface area contributed by atoms with Gasteiger partial charge in [0.05, 0.1) is 17.2 Å². The molecule has 0 bridgehead atoms. The van der Waals surface area contributed by atoms with Gasteiger partial charge in [-0.3, -0.25) is 14.8 Å². The van der Waals surface area contributed by atoms with Crippen LogP contribution in [0.2, 0.25) is 5.02 Å². The molecule has 0 aliphatic heterocycles. The first kappa shape index (κ1) is 12.4. The van der Waals surface area contributed by atoms with E-state index in [1.807, 2.05) is 13.1 Å². The van der Waals surface area contributed by atoms with Gasteiger partial charge in [0.1, 0.15) is 10.7 Å². The van der Waals surface area contributed by atoms with Crippen molar-refractivity contribution in [3.63, 3.8) is 0 Å². The van der Waals surface area contributed by atoms with Crippen LogP contribution in [-0.2, 0) is 13.6 Å². The minimum Gasteiger partial charge on any atom is -0.374 e. The second-order valence-corrected chi connectivity index (χ2v) is 4.10. The average molecular weight is 267 g/mol. The molecule has 94 valence electrons. The highest BCUT2D eigenvalue weighted by Gasteiger charge is 2.18. The van der Waals surface area contributed by atoms with Gasteiger partial charge in [-0.25, -0.2) is 0 Å². The minimum absolute atomic E-state index is 0.110. The number of nitrogens with one attached hydrogen (secondary N) is 1. The Morgan fingerprint density at radius 2 is 2.28 bits per heavy atom. The lowest BCUT2D eigenvalue weighted by atomic mass is 10.2. The maximum Gasteiger partial charge on any atom is 0.310 e. The summed E-state index contributed by atoms with van der Waals surface area (Å²) < 4.78 is 1.70. The van der Waals surface area contributed by atoms with E-state index in [9.17, 15) is 10.1 Å². The van der Waals surface area contributed by atoms with Crippen LogP contribution in [0.1, 0.15) is 5.69 Å². The first-order valence-corrected chi connectivity index (χ1v) is 5.61. The zero-order valence-corrected chi connectivity index (χ0v) is 10.4. The summed E-state index contributed by atoms with van der Waals surface area (Å²) in [5, 5.41) is 18.1. The van der Waals surface area contributed by atoms with E-state index in [1.165, 1.54) is 6.07 Å². The monoisotopic (exact) mass is 266 g/mol. The molecule has 0 saturated heterocycles. The first-order chi connectivity index (χ1) is 8.59. The molecule has 0 aliphatic rings. The predicted molar refractivity (Wildman–Crippen MR) is 68.6 cm³/mol. The SMILES string of the molecule is Cn1nccc1CNc1cccc(Cl)c1[N+](=O)[O-]. The van der Waals surface area contributed by atoms with Gasteiger partial charge in [0.2, 0.25) is 0 Å². The van der Waals surface area contributed by atoms with Gasteiger partial charge < -0.3 is 5.32 Å². The van der Waals surface area contributed by atoms with Crippen LogP contribution in [-0.4, -0.2) is 14.7 Å². The zero-order valence-electron chi connectivity index (χ0n) is 9.63. The molecule has 1 heterocycles. The summed E-state index contributed by atoms with van der Waals surface area (Å²) in [6.07, 6.45) is 1.67. The summed E-state index contributed by atoms with van der Waals surface area (Å²) in [4.78, 5) is 10.4. The van der Waals surface area contributed by atoms with E-state index < -0.39 is 4.92 Å². The summed E-state index contributed by atoms with van der Waals surface area (Å²) in [5.41, 5.74) is 1.21. The lowest BCUT2D eigenvalue weighted by molar-refractivity contribution is -0.383. The van der Waals surface area contributed by atoms with Gasteiger partial charge in [0, 0.05) is 13.2 Å². The van der Waals surface area contributed by atoms with Gasteiger partial charge >= 0.3 is 5.69 Å². The van der Waals surface area contributed by atoms with Crippen LogP contribution >= 0.6 is 11.6 Å². The Morgan fingerprint density at radius 1 is 1.50 bits per heavy atom. The molecule has 1 N–H and O–H groups in total. The van der Waals surface area contributed by atoms with Gasteiger partial charge in [-0.1, -0.05) is 17.7 Å². The molecule has 0 unspecified atom stereocenters. The summed E-state index contributed by atoms with van der Waals surface area (Å²) in [5.74, 6) is 0. The van der Waals surface area contributed by atoms with E-state index in [-0.39, 0.29) is 10.7 Å². The normalized spacial score (nSPS) is 10.3. The maximum absolute atomic E-state index is 10.9. The summed E-state index contributed by atoms with van der Waals surface area (Å²) in [6, 6.07) is 6.62. The molecular weight excluding hydrogens is 256 g/mol. The molecule has 0 atom stereocenters. The first-order valence-electron chi connectivity index (χ1n) is 5.23. The van der Waals surface area contributed by atoms with Crippen molar-refractivity contribution < 1.29 is 4.92 Å². The van der Waals surface area contributed by atoms with Crippen molar-refractivity contribution in [3.8, 4) is 0 Å². The Morgan fingerprint density at radius 3 is 2.89 bits per heavy atom. The van der Waals surface area contributed by atoms with Gasteiger partial charge in [-0.15, -0.1) is 0 Å². The number of nitro groups is 1. The molecule has 0 saturated carbocycles. The van der Waals surface area contributed by atoms with Crippen LogP contribution in [0.25, 0.3) is 0 Å². The number of aromatic nitrogens is 2. The van der Waals surface area contributed by atoms with Crippen LogP contribution in [0.3, 0.4) is 0 Å². The fraction of sp³-hybridized carbons (Fsp3) is 0.182. The molecule has 0 spiro atoms. The highest BCUT2D eigenvalue weighted by Crippen LogP contribution is 2.32. The predicted octanol–water partition coefficient (Wildman–Crippen LogP) is 2.59. The lowest BCUT2D eigenvalue weighted by Crippen LogP contribution is -2.07. The standard InChI is InChI=1S/C11H11ClN4O2/c1-15-8(5-6-14-15)7-13-10-4-2-3-9(12)11(10)16(17)18/h2-6,13H,7H2,1H3. The Kier molecular flexibility index (Phi) is 3.47. The van der Waals surface area contributed by atoms with E-state index in [0.29, 0.717) is 12.2 Å². The van der Waals surface area contributed by atoms with Crippen molar-refractivity contribution in [2.75, 3.05) is 5.32 Å². The molecule has 1 aromatic carbocycles. The van der Waals surface area contributed by atoms with Crippen LogP contribution < -0.4 is 5.32 Å². The molecule has 0 amide bonds. The fourth-order valence-electron chi connectivity index (χ4n) is 1.60. The lowest BCUT2D eigenvalue weighted by Gasteiger charge is -2.08. The highest BCUT2D eigenvalue weighted by atomic mass is 35.5. The smallest absolute Gasteiger partial charge is 0.310 e. The van der Waals surface area contributed by atoms with E-state index >= 15 is 0 Å². The summed E-state index contributed by atoms with van der Waals surface area (Å²) in [6.45, 7) is 0.442. The van der Waals surface area contributed by atoms with Gasteiger partial charge in [-0.05, 0) is 18.2 Å². The molecule has 0 aliphatic carbocycles. The minimum atomic E-state index is -0.492. The number of nitrogens with zero attached hydrogens (tertiary/aromatic N) is 3. The van der Waals surface area contributed by atoms with Crippen LogP contribution in [0.15, 0.2) is 30.5 Å². The Hall–Kier alpha value is -2.08. The molecule has 0 fully saturated rings. The van der Waals surface area contributed by atoms with Crippen LogP contribution in [0, 0.1) is 10.1 Å². The Balaban J connectivity index is 2.22. The van der Waals surface area contributed by atoms with Gasteiger partial charge in [0.15, 0.2) is 0 Å². The Labute approximate surface area is 108 Å². The Bertz CT molecular complexity index is 582. The van der Waals surface area contributed by atoms with Crippen molar-refractivity contribution in [1.29, 1.82) is 0 Å². The quantitative estimate of drug-likeness (QED) is 0.682. The summed E-state index contributed by atoms with van der Waals surface area (Å²) in [7, 11) is 1.81. The van der Waals surface area contributed by atoms with Crippen molar-refractivity contribution in [1.82, 2.24) is 9.78 Å². The molecule has 18 heavy (non-hydrogen) atoms. The largest absolute Gasteiger partial charge is 0.374 e. The maximum atomic E-state index is 10.9. The molecule has 2 aromatic rings. The van der Waals surface area contributed by atoms with E-state index in [2.05, 4.69) is 10.4 Å². The molecular formula is C11H11ClN4O2. The van der Waals surface area contributed by atoms with Gasteiger partial charge in [0.25, 0.3) is 0 Å². The van der Waals surface area contributed by atoms with Crippen LogP contribution in [0.5, 0.6) is 0 Å². The van der Waals surface area contributed by atoms with E-state index in [4.69, 9.17) is 11.6 Å². The van der Waals surface area contributed by atoms with Gasteiger partial charge in [-0.2, -0.15) is 5.10 Å². The third-order valence-corrected chi connectivity index (χ3v) is 2.86. The third-order valence-electron chi connectivity index (χ3n) is 2.55. The van der Waals surface area contributed by atoms with Crippen molar-refractivity contribution in [2.45, 2.75) is 6.54 Å². The van der Waals surface area contributed by atoms with E-state index in [1.54, 1.807) is 23.0 Å². The zero-order chi connectivity index (χ0) is 13.1. The molecule has 0 radical (unpaired) electrons. The third kappa shape index (κ3) is 2.43. The second-order valence-electron chi connectivity index (χ2n) is 3.69. The molecule has 1 aromatic heterocycles. The molecule has 2 rings (SSSR count). The number of nitro benzene ring substituents is 1. The number of para-hydroxylation sites is 1. The number of rotatable bonds is 4. The number of benzene rings is 1. The van der Waals surface area contributed by atoms with Crippen molar-refractivity contribution in [2.24, 2.45) is 7.05 Å². The number of hydrogen-bond acceptors (Lipinski definition) is 4. The summed E-state index contributed by atoms with van der Waals surface area (Å²) >= 11 is 5.82. The second kappa shape index (κ2) is 5.05. The highest BCUT2D eigenvalue weighted by molar-refractivity contribution is 6.33.